The van der Waals surface area contributed by atoms with Crippen molar-refractivity contribution in [2.45, 2.75) is 32.7 Å². The van der Waals surface area contributed by atoms with Gasteiger partial charge in [-0.2, -0.15) is 0 Å². The van der Waals surface area contributed by atoms with E-state index in [0.717, 1.165) is 22.6 Å². The van der Waals surface area contributed by atoms with E-state index in [1.807, 2.05) is 56.3 Å². The molecule has 1 atom stereocenters. The third-order valence-electron chi connectivity index (χ3n) is 4.18. The van der Waals surface area contributed by atoms with E-state index < -0.39 is 0 Å². The third kappa shape index (κ3) is 5.15. The van der Waals surface area contributed by atoms with E-state index in [1.54, 1.807) is 14.2 Å². The zero-order valence-corrected chi connectivity index (χ0v) is 15.9. The monoisotopic (exact) mass is 357 g/mol. The first kappa shape index (κ1) is 19.6. The van der Waals surface area contributed by atoms with Crippen LogP contribution in [0.3, 0.4) is 0 Å². The number of hydrogen-bond acceptors (Lipinski definition) is 4. The Hall–Kier alpha value is -2.69. The van der Waals surface area contributed by atoms with E-state index in [9.17, 15) is 4.79 Å². The topological polar surface area (TPSA) is 56.8 Å². The summed E-state index contributed by atoms with van der Waals surface area (Å²) in [6, 6.07) is 13.2. The molecule has 0 saturated heterocycles. The first-order valence-electron chi connectivity index (χ1n) is 8.81. The van der Waals surface area contributed by atoms with Crippen LogP contribution < -0.4 is 19.5 Å². The second-order valence-electron chi connectivity index (χ2n) is 5.94. The minimum Gasteiger partial charge on any atom is -0.497 e. The molecule has 2 aromatic rings. The molecule has 2 aromatic carbocycles. The van der Waals surface area contributed by atoms with Crippen molar-refractivity contribution < 1.29 is 19.0 Å². The van der Waals surface area contributed by atoms with Crippen molar-refractivity contribution in [1.29, 1.82) is 0 Å². The van der Waals surface area contributed by atoms with Gasteiger partial charge in [0.25, 0.3) is 0 Å². The molecule has 5 heteroatoms. The molecule has 0 aromatic heterocycles. The molecule has 0 radical (unpaired) electrons. The lowest BCUT2D eigenvalue weighted by Crippen LogP contribution is -2.27. The molecule has 0 saturated carbocycles. The van der Waals surface area contributed by atoms with Crippen LogP contribution in [0, 0.1) is 0 Å². The van der Waals surface area contributed by atoms with Gasteiger partial charge in [0.2, 0.25) is 5.91 Å². The fourth-order valence-corrected chi connectivity index (χ4v) is 2.82. The van der Waals surface area contributed by atoms with Gasteiger partial charge in [-0.1, -0.05) is 18.2 Å². The van der Waals surface area contributed by atoms with E-state index in [4.69, 9.17) is 14.2 Å². The Morgan fingerprint density at radius 3 is 2.54 bits per heavy atom. The van der Waals surface area contributed by atoms with Gasteiger partial charge in [-0.05, 0) is 44.0 Å². The largest absolute Gasteiger partial charge is 0.497 e. The molecular weight excluding hydrogens is 330 g/mol. The van der Waals surface area contributed by atoms with Crippen molar-refractivity contribution >= 4 is 5.91 Å². The molecule has 2 rings (SSSR count). The van der Waals surface area contributed by atoms with Crippen molar-refractivity contribution in [3.8, 4) is 17.2 Å². The van der Waals surface area contributed by atoms with Crippen LogP contribution in [0.15, 0.2) is 42.5 Å². The SMILES string of the molecule is CCOc1ccccc1CCC(=O)NC(C)c1ccc(OC)cc1OC. The minimum atomic E-state index is -0.162. The maximum Gasteiger partial charge on any atom is 0.220 e. The fourth-order valence-electron chi connectivity index (χ4n) is 2.82. The Bertz CT molecular complexity index is 730. The van der Waals surface area contributed by atoms with E-state index in [2.05, 4.69) is 5.32 Å². The number of ether oxygens (including phenoxy) is 3. The Kier molecular flexibility index (Phi) is 7.33. The van der Waals surface area contributed by atoms with Crippen molar-refractivity contribution in [2.24, 2.45) is 0 Å². The van der Waals surface area contributed by atoms with Crippen LogP contribution in [-0.4, -0.2) is 26.7 Å². The zero-order chi connectivity index (χ0) is 18.9. The van der Waals surface area contributed by atoms with E-state index in [-0.39, 0.29) is 11.9 Å². The van der Waals surface area contributed by atoms with Gasteiger partial charge in [0, 0.05) is 18.1 Å². The fraction of sp³-hybridized carbons (Fsp3) is 0.381. The molecule has 0 aliphatic heterocycles. The molecule has 0 aliphatic carbocycles. The first-order valence-corrected chi connectivity index (χ1v) is 8.81. The Morgan fingerprint density at radius 1 is 1.08 bits per heavy atom. The number of benzene rings is 2. The molecule has 0 fully saturated rings. The number of hydrogen-bond donors (Lipinski definition) is 1. The molecule has 140 valence electrons. The smallest absolute Gasteiger partial charge is 0.220 e. The number of methoxy groups -OCH3 is 2. The van der Waals surface area contributed by atoms with Gasteiger partial charge >= 0.3 is 0 Å². The Balaban J connectivity index is 1.98. The predicted octanol–water partition coefficient (Wildman–Crippen LogP) is 3.91. The van der Waals surface area contributed by atoms with Crippen molar-refractivity contribution in [3.05, 3.63) is 53.6 Å². The third-order valence-corrected chi connectivity index (χ3v) is 4.18. The molecule has 1 amide bonds. The lowest BCUT2D eigenvalue weighted by atomic mass is 10.1. The summed E-state index contributed by atoms with van der Waals surface area (Å²) in [5.41, 5.74) is 1.95. The molecule has 0 spiro atoms. The Morgan fingerprint density at radius 2 is 1.85 bits per heavy atom. The molecular formula is C21H27NO4. The quantitative estimate of drug-likeness (QED) is 0.739. The summed E-state index contributed by atoms with van der Waals surface area (Å²) in [5, 5.41) is 3.03. The van der Waals surface area contributed by atoms with Gasteiger partial charge in [-0.15, -0.1) is 0 Å². The molecule has 26 heavy (non-hydrogen) atoms. The highest BCUT2D eigenvalue weighted by Crippen LogP contribution is 2.29. The second-order valence-corrected chi connectivity index (χ2v) is 5.94. The maximum absolute atomic E-state index is 12.4. The normalized spacial score (nSPS) is 11.5. The van der Waals surface area contributed by atoms with Crippen LogP contribution in [0.25, 0.3) is 0 Å². The molecule has 0 aliphatic rings. The number of para-hydroxylation sites is 1. The standard InChI is InChI=1S/C21H27NO4/c1-5-26-19-9-7-6-8-16(19)10-13-21(23)22-15(2)18-12-11-17(24-3)14-20(18)25-4/h6-9,11-12,14-15H,5,10,13H2,1-4H3,(H,22,23). The van der Waals surface area contributed by atoms with Crippen molar-refractivity contribution in [3.63, 3.8) is 0 Å². The second kappa shape index (κ2) is 9.70. The average Bonchev–Trinajstić information content (AvgIpc) is 2.66. The maximum atomic E-state index is 12.4. The van der Waals surface area contributed by atoms with Gasteiger partial charge in [0.05, 0.1) is 26.9 Å². The van der Waals surface area contributed by atoms with Gasteiger partial charge < -0.3 is 19.5 Å². The highest BCUT2D eigenvalue weighted by Gasteiger charge is 2.15. The van der Waals surface area contributed by atoms with Crippen LogP contribution in [0.5, 0.6) is 17.2 Å². The summed E-state index contributed by atoms with van der Waals surface area (Å²) >= 11 is 0. The van der Waals surface area contributed by atoms with E-state index >= 15 is 0 Å². The summed E-state index contributed by atoms with van der Waals surface area (Å²) in [6.45, 7) is 4.50. The van der Waals surface area contributed by atoms with Crippen LogP contribution in [-0.2, 0) is 11.2 Å². The van der Waals surface area contributed by atoms with Crippen LogP contribution in [0.2, 0.25) is 0 Å². The lowest BCUT2D eigenvalue weighted by molar-refractivity contribution is -0.121. The summed E-state index contributed by atoms with van der Waals surface area (Å²) < 4.78 is 16.2. The molecule has 1 N–H and O–H groups in total. The molecule has 5 nitrogen and oxygen atoms in total. The van der Waals surface area contributed by atoms with Crippen LogP contribution in [0.1, 0.15) is 37.4 Å². The lowest BCUT2D eigenvalue weighted by Gasteiger charge is -2.18. The Labute approximate surface area is 155 Å². The number of carbonyl (C=O) groups is 1. The molecule has 1 unspecified atom stereocenters. The summed E-state index contributed by atoms with van der Waals surface area (Å²) in [5.74, 6) is 2.24. The summed E-state index contributed by atoms with van der Waals surface area (Å²) in [7, 11) is 3.22. The van der Waals surface area contributed by atoms with Gasteiger partial charge in [0.15, 0.2) is 0 Å². The summed E-state index contributed by atoms with van der Waals surface area (Å²) in [4.78, 5) is 12.4. The van der Waals surface area contributed by atoms with Crippen LogP contribution >= 0.6 is 0 Å². The highest BCUT2D eigenvalue weighted by atomic mass is 16.5. The zero-order valence-electron chi connectivity index (χ0n) is 15.9. The van der Waals surface area contributed by atoms with E-state index in [0.29, 0.717) is 25.2 Å². The van der Waals surface area contributed by atoms with E-state index in [1.165, 1.54) is 0 Å². The number of carbonyl (C=O) groups excluding carboxylic acids is 1. The van der Waals surface area contributed by atoms with Crippen LogP contribution in [0.4, 0.5) is 0 Å². The predicted molar refractivity (Wildman–Crippen MR) is 102 cm³/mol. The van der Waals surface area contributed by atoms with Gasteiger partial charge in [-0.25, -0.2) is 0 Å². The minimum absolute atomic E-state index is 0.0123. The number of nitrogens with one attached hydrogen (secondary N) is 1. The van der Waals surface area contributed by atoms with Gasteiger partial charge in [-0.3, -0.25) is 4.79 Å². The highest BCUT2D eigenvalue weighted by molar-refractivity contribution is 5.77. The van der Waals surface area contributed by atoms with Gasteiger partial charge in [0.1, 0.15) is 17.2 Å². The first-order chi connectivity index (χ1) is 12.6. The van der Waals surface area contributed by atoms with Crippen molar-refractivity contribution in [1.82, 2.24) is 5.32 Å². The summed E-state index contributed by atoms with van der Waals surface area (Å²) in [6.07, 6.45) is 1.03. The number of aryl methyl sites for hydroxylation is 1. The molecule has 0 heterocycles. The number of amides is 1. The molecule has 0 bridgehead atoms. The number of rotatable bonds is 9. The average molecular weight is 357 g/mol. The van der Waals surface area contributed by atoms with Crippen molar-refractivity contribution in [2.75, 3.05) is 20.8 Å².